The Labute approximate surface area is 222 Å². The molecule has 0 saturated carbocycles. The van der Waals surface area contributed by atoms with E-state index in [0.29, 0.717) is 25.3 Å². The molecule has 1 amide bonds. The third-order valence-electron chi connectivity index (χ3n) is 8.97. The summed E-state index contributed by atoms with van der Waals surface area (Å²) < 4.78 is 6.13. The Hall–Kier alpha value is -3.01. The van der Waals surface area contributed by atoms with E-state index in [9.17, 15) is 4.79 Å². The maximum atomic E-state index is 13.2. The zero-order valence-corrected chi connectivity index (χ0v) is 23.7. The third kappa shape index (κ3) is 4.95. The predicted octanol–water partition coefficient (Wildman–Crippen LogP) is 7.11. The van der Waals surface area contributed by atoms with E-state index in [1.54, 1.807) is 0 Å². The standard InChI is InChI=1S/C33H42N2O2/c1-22-8-9-26(18-23(22)2)34-14-16-35(17-15-34)31(36)30-11-10-27(37-30)20-25-21-29-28(19-24(25)3)32(4,5)12-13-33(29,6)7/h8-11,18-19,21H,12-17,20H2,1-7H3. The molecule has 0 spiro atoms. The molecule has 3 aromatic rings. The summed E-state index contributed by atoms with van der Waals surface area (Å²) >= 11 is 0. The number of carbonyl (C=O) groups excluding carboxylic acids is 1. The van der Waals surface area contributed by atoms with Crippen molar-refractivity contribution in [3.05, 3.63) is 87.4 Å². The molecule has 37 heavy (non-hydrogen) atoms. The van der Waals surface area contributed by atoms with Crippen molar-refractivity contribution < 1.29 is 9.21 Å². The first-order valence-electron chi connectivity index (χ1n) is 13.8. The number of anilines is 1. The van der Waals surface area contributed by atoms with Gasteiger partial charge in [-0.2, -0.15) is 0 Å². The summed E-state index contributed by atoms with van der Waals surface area (Å²) in [5, 5.41) is 0. The van der Waals surface area contributed by atoms with Crippen molar-refractivity contribution in [1.82, 2.24) is 4.90 Å². The topological polar surface area (TPSA) is 36.7 Å². The lowest BCUT2D eigenvalue weighted by Gasteiger charge is -2.42. The van der Waals surface area contributed by atoms with Gasteiger partial charge in [-0.3, -0.25) is 4.79 Å². The third-order valence-corrected chi connectivity index (χ3v) is 8.97. The Bertz CT molecular complexity index is 1320. The Morgan fingerprint density at radius 3 is 2.08 bits per heavy atom. The van der Waals surface area contributed by atoms with Gasteiger partial charge in [-0.25, -0.2) is 0 Å². The summed E-state index contributed by atoms with van der Waals surface area (Å²) in [5.74, 6) is 1.30. The van der Waals surface area contributed by atoms with E-state index in [0.717, 1.165) is 18.8 Å². The number of furan rings is 1. The molecule has 0 atom stereocenters. The molecule has 1 saturated heterocycles. The molecule has 2 heterocycles. The first kappa shape index (κ1) is 25.6. The van der Waals surface area contributed by atoms with Crippen LogP contribution in [0.25, 0.3) is 0 Å². The van der Waals surface area contributed by atoms with Gasteiger partial charge in [0.05, 0.1) is 0 Å². The van der Waals surface area contributed by atoms with Crippen LogP contribution in [0.4, 0.5) is 5.69 Å². The van der Waals surface area contributed by atoms with E-state index in [1.807, 2.05) is 17.0 Å². The highest BCUT2D eigenvalue weighted by atomic mass is 16.4. The van der Waals surface area contributed by atoms with Gasteiger partial charge < -0.3 is 14.2 Å². The quantitative estimate of drug-likeness (QED) is 0.385. The average Bonchev–Trinajstić information content (AvgIpc) is 3.33. The van der Waals surface area contributed by atoms with Crippen LogP contribution < -0.4 is 4.90 Å². The maximum absolute atomic E-state index is 13.2. The van der Waals surface area contributed by atoms with Crippen LogP contribution in [0.3, 0.4) is 0 Å². The van der Waals surface area contributed by atoms with Gasteiger partial charge >= 0.3 is 0 Å². The van der Waals surface area contributed by atoms with E-state index in [-0.39, 0.29) is 16.7 Å². The smallest absolute Gasteiger partial charge is 0.289 e. The number of fused-ring (bicyclic) bond motifs is 1. The van der Waals surface area contributed by atoms with Gasteiger partial charge in [0.1, 0.15) is 5.76 Å². The summed E-state index contributed by atoms with van der Waals surface area (Å²) in [4.78, 5) is 17.5. The first-order chi connectivity index (χ1) is 17.4. The largest absolute Gasteiger partial charge is 0.456 e. The van der Waals surface area contributed by atoms with Crippen LogP contribution in [-0.4, -0.2) is 37.0 Å². The molecule has 0 radical (unpaired) electrons. The van der Waals surface area contributed by atoms with Crippen LogP contribution in [0.15, 0.2) is 46.9 Å². The van der Waals surface area contributed by atoms with E-state index < -0.39 is 0 Å². The number of rotatable bonds is 4. The number of hydrogen-bond acceptors (Lipinski definition) is 3. The van der Waals surface area contributed by atoms with Crippen molar-refractivity contribution in [3.8, 4) is 0 Å². The van der Waals surface area contributed by atoms with E-state index in [1.165, 1.54) is 51.9 Å². The number of piperazine rings is 1. The fraction of sp³-hybridized carbons (Fsp3) is 0.485. The van der Waals surface area contributed by atoms with Crippen LogP contribution in [0.5, 0.6) is 0 Å². The normalized spacial score (nSPS) is 18.6. The van der Waals surface area contributed by atoms with Crippen molar-refractivity contribution in [2.75, 3.05) is 31.1 Å². The molecule has 1 aromatic heterocycles. The molecule has 1 fully saturated rings. The summed E-state index contributed by atoms with van der Waals surface area (Å²) in [6, 6.07) is 15.2. The molecule has 0 unspecified atom stereocenters. The average molecular weight is 499 g/mol. The number of amides is 1. The second kappa shape index (κ2) is 9.38. The van der Waals surface area contributed by atoms with Crippen LogP contribution in [0.2, 0.25) is 0 Å². The number of benzene rings is 2. The first-order valence-corrected chi connectivity index (χ1v) is 13.8. The molecule has 4 nitrogen and oxygen atoms in total. The molecule has 2 aliphatic rings. The van der Waals surface area contributed by atoms with Gasteiger partial charge in [-0.1, -0.05) is 45.9 Å². The second-order valence-corrected chi connectivity index (χ2v) is 12.6. The molecule has 5 rings (SSSR count). The van der Waals surface area contributed by atoms with Crippen LogP contribution in [-0.2, 0) is 17.3 Å². The van der Waals surface area contributed by atoms with Crippen molar-refractivity contribution in [3.63, 3.8) is 0 Å². The van der Waals surface area contributed by atoms with Crippen LogP contribution in [0, 0.1) is 20.8 Å². The zero-order valence-electron chi connectivity index (χ0n) is 23.7. The van der Waals surface area contributed by atoms with Crippen molar-refractivity contribution >= 4 is 11.6 Å². The Morgan fingerprint density at radius 1 is 0.784 bits per heavy atom. The lowest BCUT2D eigenvalue weighted by molar-refractivity contribution is 0.0713. The van der Waals surface area contributed by atoms with Crippen molar-refractivity contribution in [2.45, 2.75) is 78.6 Å². The molecule has 196 valence electrons. The van der Waals surface area contributed by atoms with Crippen molar-refractivity contribution in [2.24, 2.45) is 0 Å². The van der Waals surface area contributed by atoms with E-state index in [2.05, 4.69) is 83.7 Å². The summed E-state index contributed by atoms with van der Waals surface area (Å²) in [5.41, 5.74) is 9.79. The molecular weight excluding hydrogens is 456 g/mol. The van der Waals surface area contributed by atoms with Gasteiger partial charge in [0.2, 0.25) is 0 Å². The molecule has 2 aromatic carbocycles. The van der Waals surface area contributed by atoms with Gasteiger partial charge in [0.15, 0.2) is 5.76 Å². The molecule has 4 heteroatoms. The van der Waals surface area contributed by atoms with Gasteiger partial charge in [0, 0.05) is 38.3 Å². The van der Waals surface area contributed by atoms with Gasteiger partial charge in [0.25, 0.3) is 5.91 Å². The zero-order chi connectivity index (χ0) is 26.5. The SMILES string of the molecule is Cc1ccc(N2CCN(C(=O)c3ccc(Cc4cc5c(cc4C)C(C)(C)CCC5(C)C)o3)CC2)cc1C. The van der Waals surface area contributed by atoms with Crippen molar-refractivity contribution in [1.29, 1.82) is 0 Å². The highest BCUT2D eigenvalue weighted by Crippen LogP contribution is 2.46. The lowest BCUT2D eigenvalue weighted by Crippen LogP contribution is -2.48. The number of aryl methyl sites for hydroxylation is 3. The monoisotopic (exact) mass is 498 g/mol. The fourth-order valence-electron chi connectivity index (χ4n) is 5.98. The van der Waals surface area contributed by atoms with Gasteiger partial charge in [-0.15, -0.1) is 0 Å². The fourth-order valence-corrected chi connectivity index (χ4v) is 5.98. The highest BCUT2D eigenvalue weighted by molar-refractivity contribution is 5.91. The van der Waals surface area contributed by atoms with Crippen LogP contribution >= 0.6 is 0 Å². The Morgan fingerprint density at radius 2 is 1.43 bits per heavy atom. The summed E-state index contributed by atoms with van der Waals surface area (Å²) in [7, 11) is 0. The maximum Gasteiger partial charge on any atom is 0.289 e. The molecule has 1 aliphatic heterocycles. The molecular formula is C33H42N2O2. The van der Waals surface area contributed by atoms with Crippen LogP contribution in [0.1, 0.15) is 90.2 Å². The summed E-state index contributed by atoms with van der Waals surface area (Å²) in [6.45, 7) is 19.0. The van der Waals surface area contributed by atoms with Gasteiger partial charge in [-0.05, 0) is 102 Å². The Balaban J connectivity index is 1.27. The van der Waals surface area contributed by atoms with E-state index in [4.69, 9.17) is 4.42 Å². The number of hydrogen-bond donors (Lipinski definition) is 0. The second-order valence-electron chi connectivity index (χ2n) is 12.6. The molecule has 1 aliphatic carbocycles. The predicted molar refractivity (Wildman–Crippen MR) is 152 cm³/mol. The minimum Gasteiger partial charge on any atom is -0.456 e. The minimum absolute atomic E-state index is 0.00367. The summed E-state index contributed by atoms with van der Waals surface area (Å²) in [6.07, 6.45) is 3.13. The minimum atomic E-state index is -0.00367. The van der Waals surface area contributed by atoms with E-state index >= 15 is 0 Å². The highest BCUT2D eigenvalue weighted by Gasteiger charge is 2.37. The molecule has 0 N–H and O–H groups in total. The number of nitrogens with zero attached hydrogens (tertiary/aromatic N) is 2. The Kier molecular flexibility index (Phi) is 6.50. The lowest BCUT2D eigenvalue weighted by atomic mass is 9.62. The number of carbonyl (C=O) groups is 1. The molecule has 0 bridgehead atoms.